The first-order valence-electron chi connectivity index (χ1n) is 7.80. The second-order valence-electron chi connectivity index (χ2n) is 6.06. The number of nitrogens with two attached hydrogens (primary N) is 1. The zero-order valence-corrected chi connectivity index (χ0v) is 11.6. The first kappa shape index (κ1) is 13.9. The molecule has 1 aliphatic heterocycles. The van der Waals surface area contributed by atoms with Gasteiger partial charge in [-0.2, -0.15) is 0 Å². The standard InChI is InChI=1S/C15H28N2O/c16-10-9-13-6-5-11-17(12-13)15(18)14-7-3-1-2-4-8-14/h13-14H,1-12,16H2. The molecule has 1 unspecified atom stereocenters. The summed E-state index contributed by atoms with van der Waals surface area (Å²) in [6.07, 6.45) is 10.9. The molecule has 0 radical (unpaired) electrons. The summed E-state index contributed by atoms with van der Waals surface area (Å²) in [6, 6.07) is 0. The molecule has 1 aliphatic carbocycles. The summed E-state index contributed by atoms with van der Waals surface area (Å²) in [7, 11) is 0. The summed E-state index contributed by atoms with van der Waals surface area (Å²) in [6.45, 7) is 2.71. The maximum atomic E-state index is 12.6. The van der Waals surface area contributed by atoms with Crippen LogP contribution in [0.1, 0.15) is 57.8 Å². The summed E-state index contributed by atoms with van der Waals surface area (Å²) < 4.78 is 0. The molecular weight excluding hydrogens is 224 g/mol. The van der Waals surface area contributed by atoms with E-state index < -0.39 is 0 Å². The average molecular weight is 252 g/mol. The van der Waals surface area contributed by atoms with E-state index in [-0.39, 0.29) is 0 Å². The quantitative estimate of drug-likeness (QED) is 0.785. The average Bonchev–Trinajstić information content (AvgIpc) is 2.67. The smallest absolute Gasteiger partial charge is 0.225 e. The van der Waals surface area contributed by atoms with Crippen LogP contribution in [0.2, 0.25) is 0 Å². The molecule has 2 aliphatic rings. The maximum Gasteiger partial charge on any atom is 0.225 e. The van der Waals surface area contributed by atoms with E-state index in [4.69, 9.17) is 5.73 Å². The van der Waals surface area contributed by atoms with Crippen molar-refractivity contribution in [1.82, 2.24) is 4.90 Å². The molecule has 0 bridgehead atoms. The molecule has 18 heavy (non-hydrogen) atoms. The molecule has 3 nitrogen and oxygen atoms in total. The number of likely N-dealkylation sites (tertiary alicyclic amines) is 1. The van der Waals surface area contributed by atoms with Crippen LogP contribution >= 0.6 is 0 Å². The monoisotopic (exact) mass is 252 g/mol. The van der Waals surface area contributed by atoms with Gasteiger partial charge in [-0.15, -0.1) is 0 Å². The van der Waals surface area contributed by atoms with Gasteiger partial charge in [-0.1, -0.05) is 25.7 Å². The lowest BCUT2D eigenvalue weighted by atomic mass is 9.92. The minimum atomic E-state index is 0.323. The summed E-state index contributed by atoms with van der Waals surface area (Å²) in [5.41, 5.74) is 5.64. The highest BCUT2D eigenvalue weighted by atomic mass is 16.2. The zero-order valence-electron chi connectivity index (χ0n) is 11.6. The Morgan fingerprint density at radius 2 is 1.78 bits per heavy atom. The maximum absolute atomic E-state index is 12.6. The van der Waals surface area contributed by atoms with E-state index in [2.05, 4.69) is 4.90 Å². The van der Waals surface area contributed by atoms with E-state index in [1.165, 1.54) is 38.5 Å². The first-order valence-corrected chi connectivity index (χ1v) is 7.80. The highest BCUT2D eigenvalue weighted by Gasteiger charge is 2.28. The van der Waals surface area contributed by atoms with Crippen LogP contribution in [0.4, 0.5) is 0 Å². The van der Waals surface area contributed by atoms with Crippen LogP contribution in [-0.4, -0.2) is 30.4 Å². The van der Waals surface area contributed by atoms with Crippen molar-refractivity contribution in [2.24, 2.45) is 17.6 Å². The fourth-order valence-electron chi connectivity index (χ4n) is 3.52. The van der Waals surface area contributed by atoms with Crippen LogP contribution in [-0.2, 0) is 4.79 Å². The molecule has 1 heterocycles. The van der Waals surface area contributed by atoms with Gasteiger partial charge in [0.15, 0.2) is 0 Å². The Hall–Kier alpha value is -0.570. The molecule has 104 valence electrons. The van der Waals surface area contributed by atoms with Crippen molar-refractivity contribution in [3.05, 3.63) is 0 Å². The Morgan fingerprint density at radius 3 is 2.44 bits per heavy atom. The predicted molar refractivity (Wildman–Crippen MR) is 74.2 cm³/mol. The Bertz CT molecular complexity index is 257. The van der Waals surface area contributed by atoms with Gasteiger partial charge in [-0.3, -0.25) is 4.79 Å². The van der Waals surface area contributed by atoms with Gasteiger partial charge in [-0.25, -0.2) is 0 Å². The first-order chi connectivity index (χ1) is 8.81. The number of amides is 1. The number of rotatable bonds is 3. The highest BCUT2D eigenvalue weighted by molar-refractivity contribution is 5.79. The minimum absolute atomic E-state index is 0.323. The van der Waals surface area contributed by atoms with E-state index >= 15 is 0 Å². The summed E-state index contributed by atoms with van der Waals surface area (Å²) in [5, 5.41) is 0. The molecule has 1 atom stereocenters. The van der Waals surface area contributed by atoms with Crippen molar-refractivity contribution in [3.8, 4) is 0 Å². The third-order valence-electron chi connectivity index (χ3n) is 4.61. The van der Waals surface area contributed by atoms with Crippen LogP contribution in [0, 0.1) is 11.8 Å². The van der Waals surface area contributed by atoms with E-state index in [1.54, 1.807) is 0 Å². The largest absolute Gasteiger partial charge is 0.342 e. The van der Waals surface area contributed by atoms with E-state index in [0.29, 0.717) is 17.7 Å². The third-order valence-corrected chi connectivity index (χ3v) is 4.61. The summed E-state index contributed by atoms with van der Waals surface area (Å²) in [5.74, 6) is 1.42. The molecule has 2 rings (SSSR count). The van der Waals surface area contributed by atoms with Gasteiger partial charge in [0, 0.05) is 19.0 Å². The minimum Gasteiger partial charge on any atom is -0.342 e. The van der Waals surface area contributed by atoms with Gasteiger partial charge in [0.1, 0.15) is 0 Å². The van der Waals surface area contributed by atoms with Gasteiger partial charge in [0.05, 0.1) is 0 Å². The molecule has 0 aromatic carbocycles. The molecule has 2 fully saturated rings. The molecule has 0 spiro atoms. The molecule has 1 saturated heterocycles. The molecule has 1 amide bonds. The van der Waals surface area contributed by atoms with Crippen molar-refractivity contribution >= 4 is 5.91 Å². The topological polar surface area (TPSA) is 46.3 Å². The van der Waals surface area contributed by atoms with Crippen molar-refractivity contribution in [3.63, 3.8) is 0 Å². The number of carbonyl (C=O) groups is 1. The number of carbonyl (C=O) groups excluding carboxylic acids is 1. The lowest BCUT2D eigenvalue weighted by Gasteiger charge is -2.35. The van der Waals surface area contributed by atoms with Gasteiger partial charge < -0.3 is 10.6 Å². The normalized spacial score (nSPS) is 26.9. The van der Waals surface area contributed by atoms with Gasteiger partial charge in [0.25, 0.3) is 0 Å². The second-order valence-corrected chi connectivity index (χ2v) is 6.06. The second kappa shape index (κ2) is 7.13. The number of nitrogens with zero attached hydrogens (tertiary/aromatic N) is 1. The van der Waals surface area contributed by atoms with E-state index in [9.17, 15) is 4.79 Å². The SMILES string of the molecule is NCCC1CCCN(C(=O)C2CCCCCC2)C1. The molecule has 2 N–H and O–H groups in total. The summed E-state index contributed by atoms with van der Waals surface area (Å²) >= 11 is 0. The fourth-order valence-corrected chi connectivity index (χ4v) is 3.52. The van der Waals surface area contributed by atoms with Crippen LogP contribution in [0.15, 0.2) is 0 Å². The Labute approximate surface area is 111 Å². The fraction of sp³-hybridized carbons (Fsp3) is 0.933. The van der Waals surface area contributed by atoms with Crippen LogP contribution in [0.5, 0.6) is 0 Å². The lowest BCUT2D eigenvalue weighted by molar-refractivity contribution is -0.137. The molecule has 1 saturated carbocycles. The predicted octanol–water partition coefficient (Wildman–Crippen LogP) is 2.54. The molecular formula is C15H28N2O. The van der Waals surface area contributed by atoms with Crippen molar-refractivity contribution < 1.29 is 4.79 Å². The van der Waals surface area contributed by atoms with Gasteiger partial charge >= 0.3 is 0 Å². The molecule has 3 heteroatoms. The van der Waals surface area contributed by atoms with Gasteiger partial charge in [-0.05, 0) is 44.6 Å². The van der Waals surface area contributed by atoms with Crippen LogP contribution in [0.25, 0.3) is 0 Å². The third kappa shape index (κ3) is 3.71. The number of hydrogen-bond acceptors (Lipinski definition) is 2. The lowest BCUT2D eigenvalue weighted by Crippen LogP contribution is -2.43. The Kier molecular flexibility index (Phi) is 5.48. The number of hydrogen-bond donors (Lipinski definition) is 1. The zero-order chi connectivity index (χ0) is 12.8. The Morgan fingerprint density at radius 1 is 1.06 bits per heavy atom. The highest BCUT2D eigenvalue weighted by Crippen LogP contribution is 2.27. The van der Waals surface area contributed by atoms with Gasteiger partial charge in [0.2, 0.25) is 5.91 Å². The molecule has 0 aromatic heterocycles. The van der Waals surface area contributed by atoms with Crippen molar-refractivity contribution in [2.45, 2.75) is 57.8 Å². The van der Waals surface area contributed by atoms with Crippen LogP contribution in [0.3, 0.4) is 0 Å². The van der Waals surface area contributed by atoms with E-state index in [1.807, 2.05) is 0 Å². The molecule has 0 aromatic rings. The number of piperidine rings is 1. The summed E-state index contributed by atoms with van der Waals surface area (Å²) in [4.78, 5) is 14.7. The van der Waals surface area contributed by atoms with Crippen molar-refractivity contribution in [2.75, 3.05) is 19.6 Å². The Balaban J connectivity index is 1.86. The van der Waals surface area contributed by atoms with Crippen molar-refractivity contribution in [1.29, 1.82) is 0 Å². The van der Waals surface area contributed by atoms with Crippen LogP contribution < -0.4 is 5.73 Å². The van der Waals surface area contributed by atoms with E-state index in [0.717, 1.165) is 38.9 Å².